The molecule has 0 saturated carbocycles. The molecule has 4 rings (SSSR count). The SMILES string of the molecule is C[C@H](N)c1ccc(C(=O)N2C[C@@H](c3ccccc3)C[C@H]2COc2ccccc2)o1. The van der Waals surface area contributed by atoms with E-state index in [1.165, 1.54) is 5.56 Å². The molecule has 3 atom stereocenters. The fourth-order valence-corrected chi connectivity index (χ4v) is 3.85. The van der Waals surface area contributed by atoms with Gasteiger partial charge in [0.2, 0.25) is 0 Å². The van der Waals surface area contributed by atoms with Crippen molar-refractivity contribution in [1.82, 2.24) is 4.90 Å². The van der Waals surface area contributed by atoms with Crippen molar-refractivity contribution in [3.8, 4) is 5.75 Å². The summed E-state index contributed by atoms with van der Waals surface area (Å²) >= 11 is 0. The van der Waals surface area contributed by atoms with Crippen LogP contribution in [0, 0.1) is 0 Å². The van der Waals surface area contributed by atoms with Gasteiger partial charge in [-0.15, -0.1) is 0 Å². The van der Waals surface area contributed by atoms with Crippen LogP contribution in [-0.2, 0) is 0 Å². The van der Waals surface area contributed by atoms with Crippen LogP contribution in [0.4, 0.5) is 0 Å². The minimum Gasteiger partial charge on any atom is -0.491 e. The summed E-state index contributed by atoms with van der Waals surface area (Å²) in [5.74, 6) is 1.91. The van der Waals surface area contributed by atoms with Gasteiger partial charge in [0.15, 0.2) is 5.76 Å². The smallest absolute Gasteiger partial charge is 0.289 e. The molecule has 29 heavy (non-hydrogen) atoms. The molecule has 1 saturated heterocycles. The summed E-state index contributed by atoms with van der Waals surface area (Å²) in [7, 11) is 0. The van der Waals surface area contributed by atoms with E-state index < -0.39 is 0 Å². The zero-order chi connectivity index (χ0) is 20.2. The molecule has 0 unspecified atom stereocenters. The van der Waals surface area contributed by atoms with E-state index in [2.05, 4.69) is 12.1 Å². The molecule has 0 aliphatic carbocycles. The lowest BCUT2D eigenvalue weighted by Crippen LogP contribution is -2.39. The molecule has 0 spiro atoms. The molecule has 2 N–H and O–H groups in total. The lowest BCUT2D eigenvalue weighted by Gasteiger charge is -2.24. The van der Waals surface area contributed by atoms with Gasteiger partial charge in [0, 0.05) is 12.5 Å². The Morgan fingerprint density at radius 3 is 2.45 bits per heavy atom. The summed E-state index contributed by atoms with van der Waals surface area (Å²) < 4.78 is 11.7. The highest BCUT2D eigenvalue weighted by molar-refractivity contribution is 5.92. The van der Waals surface area contributed by atoms with E-state index >= 15 is 0 Å². The van der Waals surface area contributed by atoms with Crippen molar-refractivity contribution in [2.24, 2.45) is 5.73 Å². The Labute approximate surface area is 171 Å². The van der Waals surface area contributed by atoms with Crippen LogP contribution in [0.3, 0.4) is 0 Å². The Morgan fingerprint density at radius 1 is 1.10 bits per heavy atom. The van der Waals surface area contributed by atoms with Gasteiger partial charge >= 0.3 is 0 Å². The summed E-state index contributed by atoms with van der Waals surface area (Å²) in [5, 5.41) is 0. The van der Waals surface area contributed by atoms with Crippen LogP contribution in [-0.4, -0.2) is 30.0 Å². The van der Waals surface area contributed by atoms with Crippen molar-refractivity contribution in [3.05, 3.63) is 89.9 Å². The van der Waals surface area contributed by atoms with Gasteiger partial charge in [-0.05, 0) is 43.2 Å². The van der Waals surface area contributed by atoms with E-state index in [0.717, 1.165) is 12.2 Å². The maximum absolute atomic E-state index is 13.2. The molecule has 150 valence electrons. The maximum atomic E-state index is 13.2. The maximum Gasteiger partial charge on any atom is 0.289 e. The van der Waals surface area contributed by atoms with Gasteiger partial charge in [-0.2, -0.15) is 0 Å². The van der Waals surface area contributed by atoms with Gasteiger partial charge in [0.05, 0.1) is 12.1 Å². The Hall–Kier alpha value is -3.05. The minimum atomic E-state index is -0.246. The van der Waals surface area contributed by atoms with E-state index in [0.29, 0.717) is 24.7 Å². The second-order valence-corrected chi connectivity index (χ2v) is 7.57. The van der Waals surface area contributed by atoms with Crippen LogP contribution < -0.4 is 10.5 Å². The molecule has 2 aromatic carbocycles. The van der Waals surface area contributed by atoms with Crippen LogP contribution in [0.2, 0.25) is 0 Å². The molecular formula is C24H26N2O3. The molecule has 0 radical (unpaired) electrons. The molecule has 1 aliphatic rings. The van der Waals surface area contributed by atoms with Crippen molar-refractivity contribution in [2.45, 2.75) is 31.3 Å². The number of carbonyl (C=O) groups is 1. The third kappa shape index (κ3) is 4.35. The number of rotatable bonds is 6. The molecule has 5 nitrogen and oxygen atoms in total. The zero-order valence-electron chi connectivity index (χ0n) is 16.5. The average Bonchev–Trinajstić information content (AvgIpc) is 3.41. The Bertz CT molecular complexity index is 937. The molecule has 3 aromatic rings. The number of furan rings is 1. The molecule has 1 aliphatic heterocycles. The van der Waals surface area contributed by atoms with E-state index in [1.54, 1.807) is 12.1 Å². The van der Waals surface area contributed by atoms with E-state index in [4.69, 9.17) is 14.9 Å². The first kappa shape index (κ1) is 19.3. The average molecular weight is 390 g/mol. The first-order valence-corrected chi connectivity index (χ1v) is 10.0. The van der Waals surface area contributed by atoms with E-state index in [-0.39, 0.29) is 23.9 Å². The number of carbonyl (C=O) groups excluding carboxylic acids is 1. The normalized spacial score (nSPS) is 19.9. The van der Waals surface area contributed by atoms with Crippen LogP contribution >= 0.6 is 0 Å². The Balaban J connectivity index is 1.54. The number of nitrogens with zero attached hydrogens (tertiary/aromatic N) is 1. The van der Waals surface area contributed by atoms with Gasteiger partial charge in [-0.25, -0.2) is 0 Å². The van der Waals surface area contributed by atoms with Crippen molar-refractivity contribution in [1.29, 1.82) is 0 Å². The standard InChI is InChI=1S/C24H26N2O3/c1-17(25)22-12-13-23(29-22)24(27)26-15-19(18-8-4-2-5-9-18)14-20(26)16-28-21-10-6-3-7-11-21/h2-13,17,19-20H,14-16,25H2,1H3/t17-,19-,20-/m0/s1. The van der Waals surface area contributed by atoms with Crippen molar-refractivity contribution in [2.75, 3.05) is 13.2 Å². The van der Waals surface area contributed by atoms with Gasteiger partial charge in [-0.1, -0.05) is 48.5 Å². The summed E-state index contributed by atoms with van der Waals surface area (Å²) in [5.41, 5.74) is 7.12. The van der Waals surface area contributed by atoms with Gasteiger partial charge in [0.25, 0.3) is 5.91 Å². The van der Waals surface area contributed by atoms with Crippen molar-refractivity contribution >= 4 is 5.91 Å². The predicted molar refractivity (Wildman–Crippen MR) is 112 cm³/mol. The second-order valence-electron chi connectivity index (χ2n) is 7.57. The number of likely N-dealkylation sites (tertiary alicyclic amines) is 1. The first-order valence-electron chi connectivity index (χ1n) is 10.0. The third-order valence-electron chi connectivity index (χ3n) is 5.42. The number of benzene rings is 2. The number of amides is 1. The molecule has 1 amide bonds. The molecule has 5 heteroatoms. The summed E-state index contributed by atoms with van der Waals surface area (Å²) in [6, 6.07) is 23.2. The molecule has 1 fully saturated rings. The van der Waals surface area contributed by atoms with Gasteiger partial charge < -0.3 is 19.8 Å². The minimum absolute atomic E-state index is 0.0308. The van der Waals surface area contributed by atoms with Crippen LogP contribution in [0.1, 0.15) is 47.2 Å². The monoisotopic (exact) mass is 390 g/mol. The van der Waals surface area contributed by atoms with E-state index in [1.807, 2.05) is 60.4 Å². The molecule has 2 heterocycles. The van der Waals surface area contributed by atoms with Gasteiger partial charge in [-0.3, -0.25) is 4.79 Å². The molecule has 0 bridgehead atoms. The Morgan fingerprint density at radius 2 is 1.79 bits per heavy atom. The summed E-state index contributed by atoms with van der Waals surface area (Å²) in [6.45, 7) is 2.92. The first-order chi connectivity index (χ1) is 14.1. The molecule has 1 aromatic heterocycles. The highest BCUT2D eigenvalue weighted by atomic mass is 16.5. The number of nitrogens with two attached hydrogens (primary N) is 1. The number of para-hydroxylation sites is 1. The lowest BCUT2D eigenvalue weighted by atomic mass is 9.97. The van der Waals surface area contributed by atoms with Crippen molar-refractivity contribution < 1.29 is 13.9 Å². The topological polar surface area (TPSA) is 68.7 Å². The highest BCUT2D eigenvalue weighted by Crippen LogP contribution is 2.33. The van der Waals surface area contributed by atoms with Gasteiger partial charge in [0.1, 0.15) is 18.1 Å². The largest absolute Gasteiger partial charge is 0.491 e. The summed E-state index contributed by atoms with van der Waals surface area (Å²) in [4.78, 5) is 15.1. The van der Waals surface area contributed by atoms with Crippen LogP contribution in [0.15, 0.2) is 77.2 Å². The Kier molecular flexibility index (Phi) is 5.67. The van der Waals surface area contributed by atoms with E-state index in [9.17, 15) is 4.79 Å². The third-order valence-corrected chi connectivity index (χ3v) is 5.42. The zero-order valence-corrected chi connectivity index (χ0v) is 16.5. The summed E-state index contributed by atoms with van der Waals surface area (Å²) in [6.07, 6.45) is 0.851. The highest BCUT2D eigenvalue weighted by Gasteiger charge is 2.37. The van der Waals surface area contributed by atoms with Crippen molar-refractivity contribution in [3.63, 3.8) is 0 Å². The second kappa shape index (κ2) is 8.53. The number of ether oxygens (including phenoxy) is 1. The lowest BCUT2D eigenvalue weighted by molar-refractivity contribution is 0.0656. The number of hydrogen-bond acceptors (Lipinski definition) is 4. The van der Waals surface area contributed by atoms with Crippen LogP contribution in [0.25, 0.3) is 0 Å². The quantitative estimate of drug-likeness (QED) is 0.678. The fourth-order valence-electron chi connectivity index (χ4n) is 3.85. The predicted octanol–water partition coefficient (Wildman–Crippen LogP) is 4.38. The van der Waals surface area contributed by atoms with Crippen LogP contribution in [0.5, 0.6) is 5.75 Å². The fraction of sp³-hybridized carbons (Fsp3) is 0.292. The number of hydrogen-bond donors (Lipinski definition) is 1. The molecular weight excluding hydrogens is 364 g/mol.